The molecule has 2 N–H and O–H groups in total. The zero-order valence-electron chi connectivity index (χ0n) is 13.7. The van der Waals surface area contributed by atoms with Gasteiger partial charge in [0.05, 0.1) is 11.5 Å². The van der Waals surface area contributed by atoms with E-state index < -0.39 is 0 Å². The van der Waals surface area contributed by atoms with E-state index in [2.05, 4.69) is 17.6 Å². The highest BCUT2D eigenvalue weighted by atomic mass is 35.5. The Morgan fingerprint density at radius 1 is 1.50 bits per heavy atom. The fraction of sp³-hybridized carbons (Fsp3) is 0.471. The first kappa shape index (κ1) is 19.1. The third kappa shape index (κ3) is 3.72. The molecule has 1 aliphatic heterocycles. The van der Waals surface area contributed by atoms with Gasteiger partial charge in [0.15, 0.2) is 0 Å². The van der Waals surface area contributed by atoms with E-state index in [0.717, 1.165) is 24.2 Å². The molecular formula is C17H22ClFN2O2S. The first-order valence-corrected chi connectivity index (χ1v) is 8.64. The number of thiophene rings is 1. The zero-order valence-corrected chi connectivity index (χ0v) is 15.4. The maximum Gasteiger partial charge on any atom is 0.262 e. The topological polar surface area (TPSA) is 50.4 Å². The number of ether oxygens (including phenoxy) is 1. The van der Waals surface area contributed by atoms with Crippen LogP contribution in [0.25, 0.3) is 10.1 Å². The largest absolute Gasteiger partial charge is 0.380 e. The molecule has 0 radical (unpaired) electrons. The van der Waals surface area contributed by atoms with Gasteiger partial charge in [-0.2, -0.15) is 0 Å². The van der Waals surface area contributed by atoms with Gasteiger partial charge in [0.2, 0.25) is 0 Å². The highest BCUT2D eigenvalue weighted by Crippen LogP contribution is 2.34. The van der Waals surface area contributed by atoms with Gasteiger partial charge in [-0.1, -0.05) is 13.0 Å². The molecule has 2 aromatic rings. The van der Waals surface area contributed by atoms with Crippen LogP contribution in [0.15, 0.2) is 18.2 Å². The second kappa shape index (κ2) is 8.25. The average Bonchev–Trinajstić information content (AvgIpc) is 2.90. The van der Waals surface area contributed by atoms with E-state index in [1.54, 1.807) is 13.2 Å². The quantitative estimate of drug-likeness (QED) is 0.865. The van der Waals surface area contributed by atoms with Crippen molar-refractivity contribution in [2.45, 2.75) is 26.0 Å². The number of benzene rings is 1. The van der Waals surface area contributed by atoms with Crippen LogP contribution in [0.1, 0.15) is 28.6 Å². The van der Waals surface area contributed by atoms with Crippen molar-refractivity contribution in [3.05, 3.63) is 34.5 Å². The summed E-state index contributed by atoms with van der Waals surface area (Å²) in [5, 5.41) is 6.90. The molecule has 1 aromatic carbocycles. The van der Waals surface area contributed by atoms with E-state index in [1.165, 1.54) is 17.4 Å². The first-order valence-electron chi connectivity index (χ1n) is 7.82. The number of piperidine rings is 1. The second-order valence-electron chi connectivity index (χ2n) is 6.01. The first-order chi connectivity index (χ1) is 11.1. The SMILES string of the molecule is COCc1c(C(=O)NC2CNCCC2C)sc2cccc(F)c12.Cl. The summed E-state index contributed by atoms with van der Waals surface area (Å²) in [6.07, 6.45) is 1.04. The van der Waals surface area contributed by atoms with Crippen molar-refractivity contribution in [2.24, 2.45) is 5.92 Å². The van der Waals surface area contributed by atoms with Crippen LogP contribution in [0.4, 0.5) is 4.39 Å². The molecule has 0 aliphatic carbocycles. The Kier molecular flexibility index (Phi) is 6.57. The number of methoxy groups -OCH3 is 1. The number of rotatable bonds is 4. The van der Waals surface area contributed by atoms with E-state index >= 15 is 0 Å². The van der Waals surface area contributed by atoms with Crippen LogP contribution in [-0.4, -0.2) is 32.1 Å². The normalized spacial score (nSPS) is 20.6. The molecular weight excluding hydrogens is 351 g/mol. The van der Waals surface area contributed by atoms with E-state index in [1.807, 2.05) is 6.07 Å². The number of fused-ring (bicyclic) bond motifs is 1. The van der Waals surface area contributed by atoms with Gasteiger partial charge >= 0.3 is 0 Å². The van der Waals surface area contributed by atoms with Gasteiger partial charge in [-0.15, -0.1) is 23.7 Å². The van der Waals surface area contributed by atoms with Crippen molar-refractivity contribution in [3.8, 4) is 0 Å². The Morgan fingerprint density at radius 2 is 2.29 bits per heavy atom. The van der Waals surface area contributed by atoms with Crippen LogP contribution in [0.2, 0.25) is 0 Å². The number of amides is 1. The van der Waals surface area contributed by atoms with E-state index in [0.29, 0.717) is 21.7 Å². The summed E-state index contributed by atoms with van der Waals surface area (Å²) >= 11 is 1.32. The molecule has 1 saturated heterocycles. The Balaban J connectivity index is 0.00000208. The summed E-state index contributed by atoms with van der Waals surface area (Å²) < 4.78 is 20.2. The van der Waals surface area contributed by atoms with Crippen molar-refractivity contribution in [2.75, 3.05) is 20.2 Å². The predicted molar refractivity (Wildman–Crippen MR) is 97.6 cm³/mol. The van der Waals surface area contributed by atoms with E-state index in [-0.39, 0.29) is 36.8 Å². The smallest absolute Gasteiger partial charge is 0.262 e. The van der Waals surface area contributed by atoms with E-state index in [4.69, 9.17) is 4.74 Å². The number of carbonyl (C=O) groups is 1. The molecule has 7 heteroatoms. The van der Waals surface area contributed by atoms with Crippen LogP contribution in [0.5, 0.6) is 0 Å². The molecule has 1 fully saturated rings. The average molecular weight is 373 g/mol. The van der Waals surface area contributed by atoms with E-state index in [9.17, 15) is 9.18 Å². The molecule has 2 atom stereocenters. The third-order valence-electron chi connectivity index (χ3n) is 4.40. The van der Waals surface area contributed by atoms with Gasteiger partial charge in [0.1, 0.15) is 5.82 Å². The molecule has 0 spiro atoms. The summed E-state index contributed by atoms with van der Waals surface area (Å²) in [6, 6.07) is 5.02. The predicted octanol–water partition coefficient (Wildman–Crippen LogP) is 3.34. The van der Waals surface area contributed by atoms with Crippen LogP contribution >= 0.6 is 23.7 Å². The van der Waals surface area contributed by atoms with Gasteiger partial charge in [0.25, 0.3) is 5.91 Å². The third-order valence-corrected chi connectivity index (χ3v) is 5.60. The van der Waals surface area contributed by atoms with Gasteiger partial charge in [0, 0.05) is 35.3 Å². The molecule has 24 heavy (non-hydrogen) atoms. The van der Waals surface area contributed by atoms with Crippen molar-refractivity contribution < 1.29 is 13.9 Å². The molecule has 1 aliphatic rings. The van der Waals surface area contributed by atoms with Gasteiger partial charge < -0.3 is 15.4 Å². The molecule has 2 unspecified atom stereocenters. The van der Waals surface area contributed by atoms with Crippen molar-refractivity contribution >= 4 is 39.7 Å². The fourth-order valence-corrected chi connectivity index (χ4v) is 4.17. The molecule has 1 amide bonds. The van der Waals surface area contributed by atoms with Crippen molar-refractivity contribution in [1.82, 2.24) is 10.6 Å². The lowest BCUT2D eigenvalue weighted by Gasteiger charge is -2.30. The van der Waals surface area contributed by atoms with Gasteiger partial charge in [-0.3, -0.25) is 4.79 Å². The summed E-state index contributed by atoms with van der Waals surface area (Å²) in [5.74, 6) is -0.0204. The molecule has 2 heterocycles. The standard InChI is InChI=1S/C17H21FN2O2S.ClH/c1-10-6-7-19-8-13(10)20-17(21)16-11(9-22-2)15-12(18)4-3-5-14(15)23-16;/h3-5,10,13,19H,6-9H2,1-2H3,(H,20,21);1H. The summed E-state index contributed by atoms with van der Waals surface area (Å²) in [6.45, 7) is 4.12. The number of carbonyl (C=O) groups excluding carboxylic acids is 1. The molecule has 0 bridgehead atoms. The zero-order chi connectivity index (χ0) is 16.4. The lowest BCUT2D eigenvalue weighted by molar-refractivity contribution is 0.0915. The molecule has 132 valence electrons. The molecule has 3 rings (SSSR count). The lowest BCUT2D eigenvalue weighted by Crippen LogP contribution is -2.50. The number of hydrogen-bond acceptors (Lipinski definition) is 4. The lowest BCUT2D eigenvalue weighted by atomic mass is 9.94. The Morgan fingerprint density at radius 3 is 3.00 bits per heavy atom. The number of nitrogens with one attached hydrogen (secondary N) is 2. The van der Waals surface area contributed by atoms with Crippen LogP contribution in [0.3, 0.4) is 0 Å². The molecule has 0 saturated carbocycles. The molecule has 1 aromatic heterocycles. The van der Waals surface area contributed by atoms with Crippen LogP contribution < -0.4 is 10.6 Å². The minimum absolute atomic E-state index is 0. The maximum atomic E-state index is 14.2. The van der Waals surface area contributed by atoms with Crippen molar-refractivity contribution in [3.63, 3.8) is 0 Å². The highest BCUT2D eigenvalue weighted by Gasteiger charge is 2.26. The Labute approximate surface area is 151 Å². The van der Waals surface area contributed by atoms with Crippen molar-refractivity contribution in [1.29, 1.82) is 0 Å². The summed E-state index contributed by atoms with van der Waals surface area (Å²) in [5.41, 5.74) is 0.638. The molecule has 4 nitrogen and oxygen atoms in total. The summed E-state index contributed by atoms with van der Waals surface area (Å²) in [4.78, 5) is 13.3. The number of hydrogen-bond donors (Lipinski definition) is 2. The van der Waals surface area contributed by atoms with Gasteiger partial charge in [-0.05, 0) is 31.0 Å². The second-order valence-corrected chi connectivity index (χ2v) is 7.06. The Bertz CT molecular complexity index is 722. The number of halogens is 2. The Hall–Kier alpha value is -1.21. The fourth-order valence-electron chi connectivity index (χ4n) is 3.05. The minimum atomic E-state index is -0.308. The van der Waals surface area contributed by atoms with Crippen LogP contribution in [-0.2, 0) is 11.3 Å². The monoisotopic (exact) mass is 372 g/mol. The highest BCUT2D eigenvalue weighted by molar-refractivity contribution is 7.21. The van der Waals surface area contributed by atoms with Crippen LogP contribution in [0, 0.1) is 11.7 Å². The summed E-state index contributed by atoms with van der Waals surface area (Å²) in [7, 11) is 1.55. The van der Waals surface area contributed by atoms with Gasteiger partial charge in [-0.25, -0.2) is 4.39 Å². The maximum absolute atomic E-state index is 14.2. The minimum Gasteiger partial charge on any atom is -0.380 e.